The molecule has 1 heterocycles. The molecule has 0 spiro atoms. The van der Waals surface area contributed by atoms with Crippen molar-refractivity contribution in [1.29, 1.82) is 0 Å². The summed E-state index contributed by atoms with van der Waals surface area (Å²) in [4.78, 5) is 24.7. The summed E-state index contributed by atoms with van der Waals surface area (Å²) in [6, 6.07) is 2.90. The molecule has 3 N–H and O–H groups in total. The summed E-state index contributed by atoms with van der Waals surface area (Å²) >= 11 is 0. The third kappa shape index (κ3) is 2.62. The van der Waals surface area contributed by atoms with Gasteiger partial charge in [0.2, 0.25) is 0 Å². The van der Waals surface area contributed by atoms with Gasteiger partial charge in [-0.3, -0.25) is 4.79 Å². The molecule has 1 fully saturated rings. The van der Waals surface area contributed by atoms with Crippen LogP contribution >= 0.6 is 0 Å². The number of rotatable bonds is 2. The summed E-state index contributed by atoms with van der Waals surface area (Å²) in [5.74, 6) is -2.17. The maximum Gasteiger partial charge on any atom is 0.326 e. The summed E-state index contributed by atoms with van der Waals surface area (Å²) in [5, 5.41) is 27.7. The zero-order chi connectivity index (χ0) is 14.0. The molecular formula is C13H15NO5. The Morgan fingerprint density at radius 3 is 2.53 bits per heavy atom. The van der Waals surface area contributed by atoms with Gasteiger partial charge in [0.15, 0.2) is 11.5 Å². The lowest BCUT2D eigenvalue weighted by atomic mass is 10.0. The average molecular weight is 265 g/mol. The highest BCUT2D eigenvalue weighted by atomic mass is 16.4. The molecule has 0 bridgehead atoms. The molecule has 1 saturated heterocycles. The number of carbonyl (C=O) groups excluding carboxylic acids is 1. The van der Waals surface area contributed by atoms with Gasteiger partial charge in [0.05, 0.1) is 0 Å². The van der Waals surface area contributed by atoms with Gasteiger partial charge in [-0.25, -0.2) is 4.79 Å². The monoisotopic (exact) mass is 265 g/mol. The number of phenolic OH excluding ortho intramolecular Hbond substituents is 2. The van der Waals surface area contributed by atoms with Crippen molar-refractivity contribution >= 4 is 11.9 Å². The van der Waals surface area contributed by atoms with Crippen LogP contribution in [0.2, 0.25) is 0 Å². The first kappa shape index (κ1) is 13.2. The third-order valence-electron chi connectivity index (χ3n) is 3.27. The van der Waals surface area contributed by atoms with Gasteiger partial charge in [0.1, 0.15) is 6.04 Å². The van der Waals surface area contributed by atoms with Gasteiger partial charge >= 0.3 is 5.97 Å². The van der Waals surface area contributed by atoms with E-state index in [0.717, 1.165) is 18.9 Å². The fourth-order valence-electron chi connectivity index (χ4n) is 2.25. The molecule has 1 atom stereocenters. The first-order chi connectivity index (χ1) is 9.00. The Bertz CT molecular complexity index is 514. The van der Waals surface area contributed by atoms with Crippen molar-refractivity contribution in [3.63, 3.8) is 0 Å². The smallest absolute Gasteiger partial charge is 0.326 e. The van der Waals surface area contributed by atoms with Crippen LogP contribution in [-0.4, -0.2) is 44.7 Å². The predicted molar refractivity (Wildman–Crippen MR) is 66.1 cm³/mol. The summed E-state index contributed by atoms with van der Waals surface area (Å²) in [7, 11) is 0. The van der Waals surface area contributed by atoms with Crippen molar-refractivity contribution in [2.75, 3.05) is 6.54 Å². The molecule has 0 saturated carbocycles. The molecule has 0 aromatic heterocycles. The molecule has 1 amide bonds. The van der Waals surface area contributed by atoms with Gasteiger partial charge in [-0.15, -0.1) is 0 Å². The normalized spacial score (nSPS) is 19.2. The minimum atomic E-state index is -1.02. The number of amides is 1. The second-order valence-electron chi connectivity index (χ2n) is 4.55. The first-order valence-corrected chi connectivity index (χ1v) is 6.06. The van der Waals surface area contributed by atoms with E-state index >= 15 is 0 Å². The Balaban J connectivity index is 2.26. The SMILES string of the molecule is O=C(O)C1CCCCN1C(=O)c1ccc(O)c(O)c1. The minimum absolute atomic E-state index is 0.170. The summed E-state index contributed by atoms with van der Waals surface area (Å²) in [5.41, 5.74) is 0.170. The van der Waals surface area contributed by atoms with Crippen LogP contribution in [0.1, 0.15) is 29.6 Å². The number of nitrogens with zero attached hydrogens (tertiary/aromatic N) is 1. The Labute approximate surface area is 109 Å². The topological polar surface area (TPSA) is 98.1 Å². The largest absolute Gasteiger partial charge is 0.504 e. The average Bonchev–Trinajstić information content (AvgIpc) is 2.41. The summed E-state index contributed by atoms with van der Waals surface area (Å²) < 4.78 is 0. The second kappa shape index (κ2) is 5.17. The van der Waals surface area contributed by atoms with Gasteiger partial charge < -0.3 is 20.2 Å². The lowest BCUT2D eigenvalue weighted by molar-refractivity contribution is -0.143. The van der Waals surface area contributed by atoms with E-state index in [2.05, 4.69) is 0 Å². The Morgan fingerprint density at radius 1 is 1.16 bits per heavy atom. The zero-order valence-electron chi connectivity index (χ0n) is 10.2. The Kier molecular flexibility index (Phi) is 3.59. The molecule has 6 heteroatoms. The van der Waals surface area contributed by atoms with Crippen molar-refractivity contribution in [2.45, 2.75) is 25.3 Å². The highest BCUT2D eigenvalue weighted by Crippen LogP contribution is 2.27. The molecule has 1 aliphatic heterocycles. The van der Waals surface area contributed by atoms with E-state index < -0.39 is 23.7 Å². The van der Waals surface area contributed by atoms with Crippen LogP contribution in [0.4, 0.5) is 0 Å². The number of aliphatic carboxylic acids is 1. The summed E-state index contributed by atoms with van der Waals surface area (Å²) in [6.45, 7) is 0.386. The van der Waals surface area contributed by atoms with E-state index in [1.54, 1.807) is 0 Å². The molecular weight excluding hydrogens is 250 g/mol. The molecule has 1 aromatic carbocycles. The lowest BCUT2D eigenvalue weighted by Gasteiger charge is -2.33. The number of hydrogen-bond donors (Lipinski definition) is 3. The van der Waals surface area contributed by atoms with Crippen LogP contribution in [-0.2, 0) is 4.79 Å². The van der Waals surface area contributed by atoms with Crippen molar-refractivity contribution < 1.29 is 24.9 Å². The van der Waals surface area contributed by atoms with Gasteiger partial charge in [-0.1, -0.05) is 0 Å². The van der Waals surface area contributed by atoms with E-state index in [0.29, 0.717) is 13.0 Å². The number of hydrogen-bond acceptors (Lipinski definition) is 4. The van der Waals surface area contributed by atoms with E-state index in [1.807, 2.05) is 0 Å². The Hall–Kier alpha value is -2.24. The molecule has 0 aliphatic carbocycles. The Morgan fingerprint density at radius 2 is 1.89 bits per heavy atom. The van der Waals surface area contributed by atoms with E-state index in [9.17, 15) is 19.8 Å². The van der Waals surface area contributed by atoms with Crippen LogP contribution < -0.4 is 0 Å². The number of benzene rings is 1. The first-order valence-electron chi connectivity index (χ1n) is 6.06. The highest BCUT2D eigenvalue weighted by molar-refractivity contribution is 5.97. The second-order valence-corrected chi connectivity index (χ2v) is 4.55. The molecule has 2 rings (SSSR count). The third-order valence-corrected chi connectivity index (χ3v) is 3.27. The minimum Gasteiger partial charge on any atom is -0.504 e. The van der Waals surface area contributed by atoms with E-state index in [4.69, 9.17) is 5.11 Å². The summed E-state index contributed by atoms with van der Waals surface area (Å²) in [6.07, 6.45) is 1.98. The van der Waals surface area contributed by atoms with Crippen molar-refractivity contribution in [2.24, 2.45) is 0 Å². The van der Waals surface area contributed by atoms with Crippen LogP contribution in [0.3, 0.4) is 0 Å². The quantitative estimate of drug-likeness (QED) is 0.697. The number of carboxylic acids is 1. The van der Waals surface area contributed by atoms with Crippen LogP contribution in [0.15, 0.2) is 18.2 Å². The van der Waals surface area contributed by atoms with Crippen molar-refractivity contribution in [3.8, 4) is 11.5 Å². The zero-order valence-corrected chi connectivity index (χ0v) is 10.2. The van der Waals surface area contributed by atoms with Gasteiger partial charge in [-0.05, 0) is 37.5 Å². The number of carbonyl (C=O) groups is 2. The number of carboxylic acid groups (broad SMARTS) is 1. The van der Waals surface area contributed by atoms with Gasteiger partial charge in [0.25, 0.3) is 5.91 Å². The van der Waals surface area contributed by atoms with E-state index in [1.165, 1.54) is 17.0 Å². The molecule has 1 aromatic rings. The molecule has 102 valence electrons. The maximum absolute atomic E-state index is 12.2. The lowest BCUT2D eigenvalue weighted by Crippen LogP contribution is -2.47. The molecule has 1 aliphatic rings. The maximum atomic E-state index is 12.2. The predicted octanol–water partition coefficient (Wildman–Crippen LogP) is 1.18. The molecule has 19 heavy (non-hydrogen) atoms. The van der Waals surface area contributed by atoms with Crippen LogP contribution in [0.25, 0.3) is 0 Å². The fraction of sp³-hybridized carbons (Fsp3) is 0.385. The molecule has 1 unspecified atom stereocenters. The standard InChI is InChI=1S/C13H15NO5/c15-10-5-4-8(7-11(10)16)12(17)14-6-2-1-3-9(14)13(18)19/h4-5,7,9,15-16H,1-3,6H2,(H,18,19). The van der Waals surface area contributed by atoms with Crippen molar-refractivity contribution in [1.82, 2.24) is 4.90 Å². The number of likely N-dealkylation sites (tertiary alicyclic amines) is 1. The van der Waals surface area contributed by atoms with Gasteiger partial charge in [0, 0.05) is 12.1 Å². The van der Waals surface area contributed by atoms with Crippen LogP contribution in [0, 0.1) is 0 Å². The highest BCUT2D eigenvalue weighted by Gasteiger charge is 2.32. The number of phenols is 2. The molecule has 0 radical (unpaired) electrons. The van der Waals surface area contributed by atoms with Crippen LogP contribution in [0.5, 0.6) is 11.5 Å². The van der Waals surface area contributed by atoms with E-state index in [-0.39, 0.29) is 11.3 Å². The molecule has 6 nitrogen and oxygen atoms in total. The van der Waals surface area contributed by atoms with Gasteiger partial charge in [-0.2, -0.15) is 0 Å². The fourth-order valence-corrected chi connectivity index (χ4v) is 2.25. The number of aromatic hydroxyl groups is 2. The van der Waals surface area contributed by atoms with Crippen molar-refractivity contribution in [3.05, 3.63) is 23.8 Å². The number of piperidine rings is 1.